The van der Waals surface area contributed by atoms with E-state index in [-0.39, 0.29) is 12.0 Å². The van der Waals surface area contributed by atoms with E-state index in [9.17, 15) is 9.90 Å². The fourth-order valence-electron chi connectivity index (χ4n) is 2.41. The summed E-state index contributed by atoms with van der Waals surface area (Å²) >= 11 is 0. The van der Waals surface area contributed by atoms with E-state index in [4.69, 9.17) is 0 Å². The molecule has 2 atom stereocenters. The Balaban J connectivity index is 2.49. The SMILES string of the molecule is CCC1CCCCCN1C(=O)CCC(C)O. The smallest absolute Gasteiger partial charge is 0.222 e. The summed E-state index contributed by atoms with van der Waals surface area (Å²) in [5.74, 6) is 0.231. The molecule has 0 aromatic carbocycles. The summed E-state index contributed by atoms with van der Waals surface area (Å²) in [5, 5.41) is 9.21. The number of aliphatic hydroxyl groups is 1. The molecule has 1 aliphatic heterocycles. The highest BCUT2D eigenvalue weighted by Crippen LogP contribution is 2.20. The second-order valence-corrected chi connectivity index (χ2v) is 4.89. The molecule has 0 saturated carbocycles. The molecule has 94 valence electrons. The van der Waals surface area contributed by atoms with Crippen LogP contribution < -0.4 is 0 Å². The van der Waals surface area contributed by atoms with E-state index in [0.717, 1.165) is 25.8 Å². The van der Waals surface area contributed by atoms with Crippen molar-refractivity contribution in [2.75, 3.05) is 6.54 Å². The Bertz CT molecular complexity index is 216. The second kappa shape index (κ2) is 6.89. The molecule has 0 bridgehead atoms. The number of hydrogen-bond acceptors (Lipinski definition) is 2. The Hall–Kier alpha value is -0.570. The molecule has 0 aromatic heterocycles. The molecule has 16 heavy (non-hydrogen) atoms. The highest BCUT2D eigenvalue weighted by atomic mass is 16.3. The van der Waals surface area contributed by atoms with Gasteiger partial charge < -0.3 is 10.0 Å². The maximum absolute atomic E-state index is 12.0. The van der Waals surface area contributed by atoms with Gasteiger partial charge in [0, 0.05) is 19.0 Å². The van der Waals surface area contributed by atoms with E-state index in [1.807, 2.05) is 0 Å². The van der Waals surface area contributed by atoms with Crippen LogP contribution in [0.1, 0.15) is 58.8 Å². The third-order valence-electron chi connectivity index (χ3n) is 3.44. The first-order valence-corrected chi connectivity index (χ1v) is 6.62. The van der Waals surface area contributed by atoms with Crippen LogP contribution in [0.3, 0.4) is 0 Å². The van der Waals surface area contributed by atoms with Crippen molar-refractivity contribution in [3.8, 4) is 0 Å². The topological polar surface area (TPSA) is 40.5 Å². The zero-order valence-electron chi connectivity index (χ0n) is 10.6. The number of carbonyl (C=O) groups excluding carboxylic acids is 1. The number of nitrogens with zero attached hydrogens (tertiary/aromatic N) is 1. The third-order valence-corrected chi connectivity index (χ3v) is 3.44. The summed E-state index contributed by atoms with van der Waals surface area (Å²) in [7, 11) is 0. The van der Waals surface area contributed by atoms with Crippen molar-refractivity contribution >= 4 is 5.91 Å². The van der Waals surface area contributed by atoms with Gasteiger partial charge >= 0.3 is 0 Å². The van der Waals surface area contributed by atoms with E-state index in [0.29, 0.717) is 18.9 Å². The third kappa shape index (κ3) is 4.12. The lowest BCUT2D eigenvalue weighted by atomic mass is 10.1. The number of rotatable bonds is 4. The minimum atomic E-state index is -0.365. The Morgan fingerprint density at radius 3 is 2.81 bits per heavy atom. The van der Waals surface area contributed by atoms with Crippen molar-refractivity contribution in [3.05, 3.63) is 0 Å². The van der Waals surface area contributed by atoms with E-state index >= 15 is 0 Å². The summed E-state index contributed by atoms with van der Waals surface area (Å²) < 4.78 is 0. The number of aliphatic hydroxyl groups excluding tert-OH is 1. The summed E-state index contributed by atoms with van der Waals surface area (Å²) in [6, 6.07) is 0.434. The van der Waals surface area contributed by atoms with Gasteiger partial charge in [-0.25, -0.2) is 0 Å². The first-order chi connectivity index (χ1) is 7.65. The molecule has 0 spiro atoms. The van der Waals surface area contributed by atoms with Gasteiger partial charge in [0.15, 0.2) is 0 Å². The lowest BCUT2D eigenvalue weighted by Gasteiger charge is -2.29. The van der Waals surface area contributed by atoms with Gasteiger partial charge in [-0.2, -0.15) is 0 Å². The highest BCUT2D eigenvalue weighted by molar-refractivity contribution is 5.76. The first kappa shape index (κ1) is 13.5. The molecular formula is C13H25NO2. The average molecular weight is 227 g/mol. The van der Waals surface area contributed by atoms with E-state index in [1.165, 1.54) is 12.8 Å². The van der Waals surface area contributed by atoms with Crippen molar-refractivity contribution in [3.63, 3.8) is 0 Å². The first-order valence-electron chi connectivity index (χ1n) is 6.62. The Morgan fingerprint density at radius 2 is 2.19 bits per heavy atom. The minimum absolute atomic E-state index is 0.231. The molecule has 1 saturated heterocycles. The van der Waals surface area contributed by atoms with Crippen molar-refractivity contribution in [2.24, 2.45) is 0 Å². The van der Waals surface area contributed by atoms with Crippen molar-refractivity contribution < 1.29 is 9.90 Å². The molecule has 0 aromatic rings. The fourth-order valence-corrected chi connectivity index (χ4v) is 2.41. The van der Waals surface area contributed by atoms with E-state index in [1.54, 1.807) is 6.92 Å². The summed E-state index contributed by atoms with van der Waals surface area (Å²) in [4.78, 5) is 14.1. The maximum Gasteiger partial charge on any atom is 0.222 e. The van der Waals surface area contributed by atoms with Crippen LogP contribution in [0.2, 0.25) is 0 Å². The number of carbonyl (C=O) groups is 1. The molecule has 1 aliphatic rings. The van der Waals surface area contributed by atoms with Gasteiger partial charge in [0.1, 0.15) is 0 Å². The number of hydrogen-bond donors (Lipinski definition) is 1. The normalized spacial score (nSPS) is 23.9. The molecule has 3 nitrogen and oxygen atoms in total. The molecule has 0 aliphatic carbocycles. The molecule has 3 heteroatoms. The molecule has 1 amide bonds. The Labute approximate surface area is 98.8 Å². The van der Waals surface area contributed by atoms with E-state index < -0.39 is 0 Å². The monoisotopic (exact) mass is 227 g/mol. The molecule has 0 radical (unpaired) electrons. The quantitative estimate of drug-likeness (QED) is 0.800. The molecule has 1 heterocycles. The van der Waals surface area contributed by atoms with Crippen LogP contribution in [0.15, 0.2) is 0 Å². The summed E-state index contributed by atoms with van der Waals surface area (Å²) in [5.41, 5.74) is 0. The van der Waals surface area contributed by atoms with Crippen LogP contribution in [-0.4, -0.2) is 34.6 Å². The van der Waals surface area contributed by atoms with Crippen LogP contribution in [0.5, 0.6) is 0 Å². The van der Waals surface area contributed by atoms with Crippen LogP contribution in [0, 0.1) is 0 Å². The standard InChI is InChI=1S/C13H25NO2/c1-3-12-7-5-4-6-10-14(12)13(16)9-8-11(2)15/h11-12,15H,3-10H2,1-2H3. The van der Waals surface area contributed by atoms with Crippen LogP contribution >= 0.6 is 0 Å². The van der Waals surface area contributed by atoms with Crippen molar-refractivity contribution in [1.29, 1.82) is 0 Å². The van der Waals surface area contributed by atoms with Gasteiger partial charge in [-0.3, -0.25) is 4.79 Å². The summed E-state index contributed by atoms with van der Waals surface area (Å²) in [6.45, 7) is 4.81. The second-order valence-electron chi connectivity index (χ2n) is 4.89. The number of amides is 1. The predicted octanol–water partition coefficient (Wildman–Crippen LogP) is 2.33. The van der Waals surface area contributed by atoms with Crippen LogP contribution in [-0.2, 0) is 4.79 Å². The van der Waals surface area contributed by atoms with Crippen LogP contribution in [0.25, 0.3) is 0 Å². The summed E-state index contributed by atoms with van der Waals surface area (Å²) in [6.07, 6.45) is 6.56. The van der Waals surface area contributed by atoms with Crippen molar-refractivity contribution in [1.82, 2.24) is 4.90 Å². The minimum Gasteiger partial charge on any atom is -0.393 e. The van der Waals surface area contributed by atoms with Gasteiger partial charge in [0.2, 0.25) is 5.91 Å². The maximum atomic E-state index is 12.0. The van der Waals surface area contributed by atoms with Gasteiger partial charge in [-0.1, -0.05) is 19.8 Å². The molecule has 1 rings (SSSR count). The Morgan fingerprint density at radius 1 is 1.44 bits per heavy atom. The zero-order valence-corrected chi connectivity index (χ0v) is 10.6. The number of likely N-dealkylation sites (tertiary alicyclic amines) is 1. The van der Waals surface area contributed by atoms with E-state index in [2.05, 4.69) is 11.8 Å². The van der Waals surface area contributed by atoms with Gasteiger partial charge in [0.05, 0.1) is 6.10 Å². The molecular weight excluding hydrogens is 202 g/mol. The van der Waals surface area contributed by atoms with Gasteiger partial charge in [-0.15, -0.1) is 0 Å². The van der Waals surface area contributed by atoms with Crippen LogP contribution in [0.4, 0.5) is 0 Å². The largest absolute Gasteiger partial charge is 0.393 e. The van der Waals surface area contributed by atoms with Gasteiger partial charge in [-0.05, 0) is 32.6 Å². The predicted molar refractivity (Wildman–Crippen MR) is 65.2 cm³/mol. The lowest BCUT2D eigenvalue weighted by Crippen LogP contribution is -2.39. The molecule has 1 N–H and O–H groups in total. The molecule has 2 unspecified atom stereocenters. The fraction of sp³-hybridized carbons (Fsp3) is 0.923. The van der Waals surface area contributed by atoms with Gasteiger partial charge in [0.25, 0.3) is 0 Å². The van der Waals surface area contributed by atoms with Crippen molar-refractivity contribution in [2.45, 2.75) is 70.9 Å². The molecule has 1 fully saturated rings. The highest BCUT2D eigenvalue weighted by Gasteiger charge is 2.23. The Kier molecular flexibility index (Phi) is 5.81. The zero-order chi connectivity index (χ0) is 12.0. The average Bonchev–Trinajstić information content (AvgIpc) is 2.50. The lowest BCUT2D eigenvalue weighted by molar-refractivity contribution is -0.134.